The molecule has 1 amide bonds. The second kappa shape index (κ2) is 7.68. The van der Waals surface area contributed by atoms with Gasteiger partial charge in [-0.15, -0.1) is 12.4 Å². The van der Waals surface area contributed by atoms with Crippen LogP contribution in [0.25, 0.3) is 0 Å². The molecule has 2 N–H and O–H groups in total. The SMILES string of the molecule is CC1CN(CC(=O)Nc2cc(F)cc(F)c2)CC(C)N1.Cl. The van der Waals surface area contributed by atoms with Gasteiger partial charge in [0, 0.05) is 36.9 Å². The number of hydrogen-bond acceptors (Lipinski definition) is 3. The van der Waals surface area contributed by atoms with E-state index in [1.54, 1.807) is 0 Å². The van der Waals surface area contributed by atoms with Crippen LogP contribution < -0.4 is 10.6 Å². The van der Waals surface area contributed by atoms with Crippen molar-refractivity contribution in [1.29, 1.82) is 0 Å². The van der Waals surface area contributed by atoms with Crippen LogP contribution in [0, 0.1) is 11.6 Å². The maximum absolute atomic E-state index is 13.0. The molecule has 0 radical (unpaired) electrons. The number of halogens is 3. The average Bonchev–Trinajstić information content (AvgIpc) is 2.24. The summed E-state index contributed by atoms with van der Waals surface area (Å²) in [6.07, 6.45) is 0. The lowest BCUT2D eigenvalue weighted by Gasteiger charge is -2.35. The Morgan fingerprint density at radius 2 is 1.76 bits per heavy atom. The molecular weight excluding hydrogens is 300 g/mol. The average molecular weight is 320 g/mol. The van der Waals surface area contributed by atoms with Gasteiger partial charge >= 0.3 is 0 Å². The molecule has 0 aromatic heterocycles. The van der Waals surface area contributed by atoms with Crippen LogP contribution in [0.1, 0.15) is 13.8 Å². The van der Waals surface area contributed by atoms with Gasteiger partial charge in [-0.05, 0) is 26.0 Å². The zero-order valence-electron chi connectivity index (χ0n) is 12.0. The number of carbonyl (C=O) groups is 1. The van der Waals surface area contributed by atoms with Gasteiger partial charge in [-0.2, -0.15) is 0 Å². The van der Waals surface area contributed by atoms with E-state index in [2.05, 4.69) is 24.5 Å². The summed E-state index contributed by atoms with van der Waals surface area (Å²) in [6.45, 7) is 5.88. The molecule has 1 aromatic rings. The van der Waals surface area contributed by atoms with Crippen LogP contribution >= 0.6 is 12.4 Å². The number of benzene rings is 1. The first-order chi connectivity index (χ1) is 9.42. The van der Waals surface area contributed by atoms with Crippen LogP contribution in [0.4, 0.5) is 14.5 Å². The highest BCUT2D eigenvalue weighted by Crippen LogP contribution is 2.13. The summed E-state index contributed by atoms with van der Waals surface area (Å²) >= 11 is 0. The second-order valence-corrected chi connectivity index (χ2v) is 5.37. The Kier molecular flexibility index (Phi) is 6.51. The number of nitrogens with one attached hydrogen (secondary N) is 2. The molecule has 0 spiro atoms. The zero-order valence-corrected chi connectivity index (χ0v) is 12.8. The summed E-state index contributed by atoms with van der Waals surface area (Å²) in [5.74, 6) is -1.68. The third-order valence-electron chi connectivity index (χ3n) is 3.15. The van der Waals surface area contributed by atoms with Crippen molar-refractivity contribution in [1.82, 2.24) is 10.2 Å². The van der Waals surface area contributed by atoms with E-state index >= 15 is 0 Å². The first-order valence-corrected chi connectivity index (χ1v) is 6.66. The van der Waals surface area contributed by atoms with E-state index in [4.69, 9.17) is 0 Å². The minimum atomic E-state index is -0.704. The molecule has 0 bridgehead atoms. The Morgan fingerprint density at radius 3 is 2.29 bits per heavy atom. The number of hydrogen-bond donors (Lipinski definition) is 2. The molecule has 118 valence electrons. The van der Waals surface area contributed by atoms with E-state index in [9.17, 15) is 13.6 Å². The molecule has 1 aliphatic heterocycles. The van der Waals surface area contributed by atoms with Crippen LogP contribution in [0.15, 0.2) is 18.2 Å². The molecule has 1 aliphatic rings. The van der Waals surface area contributed by atoms with E-state index in [-0.39, 0.29) is 30.5 Å². The van der Waals surface area contributed by atoms with Gasteiger partial charge in [0.15, 0.2) is 0 Å². The maximum atomic E-state index is 13.0. The number of amides is 1. The predicted octanol–water partition coefficient (Wildman–Crippen LogP) is 2.01. The minimum Gasteiger partial charge on any atom is -0.325 e. The van der Waals surface area contributed by atoms with Gasteiger partial charge in [0.2, 0.25) is 5.91 Å². The molecule has 21 heavy (non-hydrogen) atoms. The first kappa shape index (κ1) is 17.8. The third kappa shape index (κ3) is 5.57. The van der Waals surface area contributed by atoms with E-state index in [0.29, 0.717) is 12.1 Å². The molecule has 1 heterocycles. The summed E-state index contributed by atoms with van der Waals surface area (Å²) < 4.78 is 26.1. The Morgan fingerprint density at radius 1 is 1.24 bits per heavy atom. The quantitative estimate of drug-likeness (QED) is 0.896. The molecule has 4 nitrogen and oxygen atoms in total. The number of carbonyl (C=O) groups excluding carboxylic acids is 1. The molecular formula is C14H20ClF2N3O. The number of nitrogens with zero attached hydrogens (tertiary/aromatic N) is 1. The summed E-state index contributed by atoms with van der Waals surface area (Å²) in [5, 5.41) is 5.89. The molecule has 1 aromatic carbocycles. The number of rotatable bonds is 3. The van der Waals surface area contributed by atoms with Gasteiger partial charge in [0.1, 0.15) is 11.6 Å². The Labute approximate surface area is 129 Å². The number of piperazine rings is 1. The Balaban J connectivity index is 0.00000220. The molecule has 2 rings (SSSR count). The summed E-state index contributed by atoms with van der Waals surface area (Å²) in [5.41, 5.74) is 0.142. The fraction of sp³-hybridized carbons (Fsp3) is 0.500. The van der Waals surface area contributed by atoms with E-state index < -0.39 is 11.6 Å². The van der Waals surface area contributed by atoms with Gasteiger partial charge in [-0.1, -0.05) is 0 Å². The number of anilines is 1. The minimum absolute atomic E-state index is 0. The topological polar surface area (TPSA) is 44.4 Å². The molecule has 0 saturated carbocycles. The fourth-order valence-corrected chi connectivity index (χ4v) is 2.60. The van der Waals surface area contributed by atoms with Gasteiger partial charge in [-0.25, -0.2) is 8.78 Å². The lowest BCUT2D eigenvalue weighted by Crippen LogP contribution is -2.55. The highest BCUT2D eigenvalue weighted by Gasteiger charge is 2.22. The van der Waals surface area contributed by atoms with Gasteiger partial charge < -0.3 is 10.6 Å². The highest BCUT2D eigenvalue weighted by atomic mass is 35.5. The first-order valence-electron chi connectivity index (χ1n) is 6.66. The van der Waals surface area contributed by atoms with Crippen molar-refractivity contribution >= 4 is 24.0 Å². The lowest BCUT2D eigenvalue weighted by molar-refractivity contribution is -0.117. The van der Waals surface area contributed by atoms with Crippen molar-refractivity contribution in [2.24, 2.45) is 0 Å². The van der Waals surface area contributed by atoms with Gasteiger partial charge in [-0.3, -0.25) is 9.69 Å². The summed E-state index contributed by atoms with van der Waals surface area (Å²) in [6, 6.07) is 3.61. The van der Waals surface area contributed by atoms with Crippen molar-refractivity contribution in [3.05, 3.63) is 29.8 Å². The molecule has 2 unspecified atom stereocenters. The van der Waals surface area contributed by atoms with Crippen LogP contribution in [0.5, 0.6) is 0 Å². The van der Waals surface area contributed by atoms with Crippen molar-refractivity contribution in [2.75, 3.05) is 25.0 Å². The second-order valence-electron chi connectivity index (χ2n) is 5.37. The standard InChI is InChI=1S/C14H19F2N3O.ClH/c1-9-6-19(7-10(2)17-9)8-14(20)18-13-4-11(15)3-12(16)5-13;/h3-5,9-10,17H,6-8H2,1-2H3,(H,18,20);1H. The van der Waals surface area contributed by atoms with Crippen LogP contribution in [0.3, 0.4) is 0 Å². The third-order valence-corrected chi connectivity index (χ3v) is 3.15. The van der Waals surface area contributed by atoms with E-state index in [0.717, 1.165) is 31.3 Å². The summed E-state index contributed by atoms with van der Waals surface area (Å²) in [7, 11) is 0. The predicted molar refractivity (Wildman–Crippen MR) is 80.7 cm³/mol. The van der Waals surface area contributed by atoms with Crippen LogP contribution in [-0.2, 0) is 4.79 Å². The molecule has 2 atom stereocenters. The maximum Gasteiger partial charge on any atom is 0.238 e. The molecule has 7 heteroatoms. The Bertz CT molecular complexity index is 471. The fourth-order valence-electron chi connectivity index (χ4n) is 2.60. The van der Waals surface area contributed by atoms with Crippen molar-refractivity contribution in [3.63, 3.8) is 0 Å². The normalized spacial score (nSPS) is 22.5. The van der Waals surface area contributed by atoms with Crippen molar-refractivity contribution < 1.29 is 13.6 Å². The highest BCUT2D eigenvalue weighted by molar-refractivity contribution is 5.92. The lowest BCUT2D eigenvalue weighted by atomic mass is 10.1. The molecule has 0 aliphatic carbocycles. The van der Waals surface area contributed by atoms with Crippen molar-refractivity contribution in [3.8, 4) is 0 Å². The summed E-state index contributed by atoms with van der Waals surface area (Å²) in [4.78, 5) is 13.9. The monoisotopic (exact) mass is 319 g/mol. The van der Waals surface area contributed by atoms with Crippen LogP contribution in [-0.4, -0.2) is 42.5 Å². The van der Waals surface area contributed by atoms with E-state index in [1.807, 2.05) is 4.90 Å². The zero-order chi connectivity index (χ0) is 14.7. The smallest absolute Gasteiger partial charge is 0.238 e. The Hall–Kier alpha value is -1.24. The van der Waals surface area contributed by atoms with Gasteiger partial charge in [0.05, 0.1) is 6.54 Å². The van der Waals surface area contributed by atoms with Crippen LogP contribution in [0.2, 0.25) is 0 Å². The van der Waals surface area contributed by atoms with Crippen molar-refractivity contribution in [2.45, 2.75) is 25.9 Å². The largest absolute Gasteiger partial charge is 0.325 e. The molecule has 1 fully saturated rings. The van der Waals surface area contributed by atoms with Gasteiger partial charge in [0.25, 0.3) is 0 Å². The molecule has 1 saturated heterocycles. The van der Waals surface area contributed by atoms with E-state index in [1.165, 1.54) is 0 Å².